The van der Waals surface area contributed by atoms with Crippen LogP contribution in [0.25, 0.3) is 0 Å². The molecule has 26 heavy (non-hydrogen) atoms. The van der Waals surface area contributed by atoms with Crippen LogP contribution in [0, 0.1) is 0 Å². The maximum Gasteiger partial charge on any atom is 0.359 e. The number of anilines is 1. The number of pyridine rings is 1. The molecule has 0 N–H and O–H groups in total. The Morgan fingerprint density at radius 2 is 2.04 bits per heavy atom. The fraction of sp³-hybridized carbons (Fsp3) is 0.278. The van der Waals surface area contributed by atoms with Crippen molar-refractivity contribution in [2.45, 2.75) is 12.8 Å². The fourth-order valence-corrected chi connectivity index (χ4v) is 3.12. The van der Waals surface area contributed by atoms with Gasteiger partial charge in [-0.05, 0) is 48.7 Å². The standard InChI is InChI=1S/C18H16Cl2N2O4/c1-25-12-4-6-14-11(9-12)3-2-8-22(14)16(23)10-26-18(24)17-13(19)5-7-15(20)21-17/h4-7,9H,2-3,8,10H2,1H3. The predicted molar refractivity (Wildman–Crippen MR) is 98.2 cm³/mol. The van der Waals surface area contributed by atoms with Gasteiger partial charge in [0.2, 0.25) is 0 Å². The number of amides is 1. The summed E-state index contributed by atoms with van der Waals surface area (Å²) in [6.07, 6.45) is 1.68. The van der Waals surface area contributed by atoms with Gasteiger partial charge in [-0.15, -0.1) is 0 Å². The normalized spacial score (nSPS) is 13.1. The van der Waals surface area contributed by atoms with E-state index >= 15 is 0 Å². The van der Waals surface area contributed by atoms with Crippen LogP contribution in [-0.2, 0) is 16.0 Å². The van der Waals surface area contributed by atoms with E-state index in [0.717, 1.165) is 29.8 Å². The van der Waals surface area contributed by atoms with Crippen molar-refractivity contribution in [3.63, 3.8) is 0 Å². The molecule has 1 aliphatic heterocycles. The summed E-state index contributed by atoms with van der Waals surface area (Å²) in [6, 6.07) is 8.46. The molecule has 1 aromatic heterocycles. The van der Waals surface area contributed by atoms with E-state index in [1.165, 1.54) is 12.1 Å². The van der Waals surface area contributed by atoms with Crippen molar-refractivity contribution >= 4 is 40.8 Å². The zero-order valence-corrected chi connectivity index (χ0v) is 15.5. The number of aromatic nitrogens is 1. The smallest absolute Gasteiger partial charge is 0.359 e. The zero-order valence-electron chi connectivity index (χ0n) is 14.0. The third-order valence-corrected chi connectivity index (χ3v) is 4.55. The topological polar surface area (TPSA) is 68.7 Å². The quantitative estimate of drug-likeness (QED) is 0.585. The second-order valence-electron chi connectivity index (χ2n) is 5.68. The van der Waals surface area contributed by atoms with Crippen LogP contribution in [0.2, 0.25) is 10.2 Å². The lowest BCUT2D eigenvalue weighted by molar-refractivity contribution is -0.121. The molecule has 6 nitrogen and oxygen atoms in total. The monoisotopic (exact) mass is 394 g/mol. The molecule has 0 unspecified atom stereocenters. The number of ether oxygens (including phenoxy) is 2. The molecule has 8 heteroatoms. The van der Waals surface area contributed by atoms with E-state index in [1.807, 2.05) is 12.1 Å². The highest BCUT2D eigenvalue weighted by molar-refractivity contribution is 6.34. The number of carbonyl (C=O) groups is 2. The lowest BCUT2D eigenvalue weighted by atomic mass is 10.0. The summed E-state index contributed by atoms with van der Waals surface area (Å²) in [4.78, 5) is 30.1. The third-order valence-electron chi connectivity index (χ3n) is 4.04. The number of halogens is 2. The molecule has 0 saturated heterocycles. The molecular formula is C18H16Cl2N2O4. The van der Waals surface area contributed by atoms with Crippen molar-refractivity contribution in [1.82, 2.24) is 4.98 Å². The van der Waals surface area contributed by atoms with Crippen molar-refractivity contribution in [3.8, 4) is 5.75 Å². The first-order chi connectivity index (χ1) is 12.5. The number of hydrogen-bond acceptors (Lipinski definition) is 5. The number of hydrogen-bond donors (Lipinski definition) is 0. The van der Waals surface area contributed by atoms with Crippen LogP contribution >= 0.6 is 23.2 Å². The molecule has 0 saturated carbocycles. The molecule has 0 aliphatic carbocycles. The summed E-state index contributed by atoms with van der Waals surface area (Å²) in [5.74, 6) is -0.369. The second kappa shape index (κ2) is 7.93. The fourth-order valence-electron chi connectivity index (χ4n) is 2.79. The maximum absolute atomic E-state index is 12.5. The molecule has 1 amide bonds. The van der Waals surface area contributed by atoms with E-state index in [9.17, 15) is 9.59 Å². The summed E-state index contributed by atoms with van der Waals surface area (Å²) in [6.45, 7) is 0.153. The van der Waals surface area contributed by atoms with Crippen molar-refractivity contribution in [1.29, 1.82) is 0 Å². The molecule has 1 aromatic carbocycles. The summed E-state index contributed by atoms with van der Waals surface area (Å²) >= 11 is 11.7. The Hall–Kier alpha value is -2.31. The van der Waals surface area contributed by atoms with Crippen LogP contribution in [-0.4, -0.2) is 37.1 Å². The van der Waals surface area contributed by atoms with Gasteiger partial charge >= 0.3 is 5.97 Å². The molecule has 1 aliphatic rings. The summed E-state index contributed by atoms with van der Waals surface area (Å²) in [5.41, 5.74) is 1.71. The molecule has 0 atom stereocenters. The predicted octanol–water partition coefficient (Wildman–Crippen LogP) is 3.53. The van der Waals surface area contributed by atoms with Gasteiger partial charge in [0, 0.05) is 12.2 Å². The van der Waals surface area contributed by atoms with Crippen LogP contribution in [0.5, 0.6) is 5.75 Å². The van der Waals surface area contributed by atoms with Gasteiger partial charge in [-0.25, -0.2) is 9.78 Å². The van der Waals surface area contributed by atoms with E-state index in [-0.39, 0.29) is 21.8 Å². The highest BCUT2D eigenvalue weighted by atomic mass is 35.5. The van der Waals surface area contributed by atoms with E-state index in [1.54, 1.807) is 18.1 Å². The maximum atomic E-state index is 12.5. The number of rotatable bonds is 4. The minimum absolute atomic E-state index is 0.113. The van der Waals surface area contributed by atoms with Crippen molar-refractivity contribution < 1.29 is 19.1 Å². The third kappa shape index (κ3) is 3.92. The van der Waals surface area contributed by atoms with Gasteiger partial charge in [0.15, 0.2) is 12.3 Å². The lowest BCUT2D eigenvalue weighted by Gasteiger charge is -2.29. The van der Waals surface area contributed by atoms with Crippen LogP contribution < -0.4 is 9.64 Å². The highest BCUT2D eigenvalue weighted by Gasteiger charge is 2.24. The molecule has 136 valence electrons. The molecule has 0 radical (unpaired) electrons. The van der Waals surface area contributed by atoms with Gasteiger partial charge in [-0.1, -0.05) is 23.2 Å². The van der Waals surface area contributed by atoms with Crippen LogP contribution in [0.3, 0.4) is 0 Å². The Kier molecular flexibility index (Phi) is 5.64. The minimum atomic E-state index is -0.794. The van der Waals surface area contributed by atoms with Gasteiger partial charge in [-0.2, -0.15) is 0 Å². The minimum Gasteiger partial charge on any atom is -0.497 e. The number of benzene rings is 1. The number of methoxy groups -OCH3 is 1. The molecular weight excluding hydrogens is 379 g/mol. The van der Waals surface area contributed by atoms with E-state index in [4.69, 9.17) is 32.7 Å². The van der Waals surface area contributed by atoms with Crippen molar-refractivity contribution in [3.05, 3.63) is 51.8 Å². The number of aryl methyl sites for hydroxylation is 1. The molecule has 3 rings (SSSR count). The molecule has 0 spiro atoms. The Balaban J connectivity index is 1.70. The number of fused-ring (bicyclic) bond motifs is 1. The first-order valence-electron chi connectivity index (χ1n) is 7.96. The van der Waals surface area contributed by atoms with E-state index in [2.05, 4.69) is 4.98 Å². The van der Waals surface area contributed by atoms with Gasteiger partial charge in [0.05, 0.1) is 12.1 Å². The van der Waals surface area contributed by atoms with Gasteiger partial charge in [-0.3, -0.25) is 4.79 Å². The average molecular weight is 395 g/mol. The van der Waals surface area contributed by atoms with Crippen molar-refractivity contribution in [2.75, 3.05) is 25.2 Å². The van der Waals surface area contributed by atoms with Gasteiger partial charge < -0.3 is 14.4 Å². The number of esters is 1. The van der Waals surface area contributed by atoms with Crippen molar-refractivity contribution in [2.24, 2.45) is 0 Å². The summed E-state index contributed by atoms with van der Waals surface area (Å²) in [7, 11) is 1.60. The zero-order chi connectivity index (χ0) is 18.7. The van der Waals surface area contributed by atoms with E-state index < -0.39 is 12.6 Å². The summed E-state index contributed by atoms with van der Waals surface area (Å²) < 4.78 is 10.3. The number of carbonyl (C=O) groups excluding carboxylic acids is 2. The Morgan fingerprint density at radius 1 is 1.23 bits per heavy atom. The van der Waals surface area contributed by atoms with Gasteiger partial charge in [0.1, 0.15) is 10.9 Å². The highest BCUT2D eigenvalue weighted by Crippen LogP contribution is 2.30. The Labute approximate surface area is 160 Å². The van der Waals surface area contributed by atoms with Crippen LogP contribution in [0.4, 0.5) is 5.69 Å². The molecule has 2 aromatic rings. The van der Waals surface area contributed by atoms with Gasteiger partial charge in [0.25, 0.3) is 5.91 Å². The molecule has 0 bridgehead atoms. The first-order valence-corrected chi connectivity index (χ1v) is 8.71. The Morgan fingerprint density at radius 3 is 2.81 bits per heavy atom. The first kappa shape index (κ1) is 18.5. The largest absolute Gasteiger partial charge is 0.497 e. The number of nitrogens with zero attached hydrogens (tertiary/aromatic N) is 2. The summed E-state index contributed by atoms with van der Waals surface area (Å²) in [5, 5.41) is 0.230. The average Bonchev–Trinajstić information content (AvgIpc) is 2.66. The second-order valence-corrected chi connectivity index (χ2v) is 6.48. The van der Waals surface area contributed by atoms with Crippen LogP contribution in [0.15, 0.2) is 30.3 Å². The lowest BCUT2D eigenvalue weighted by Crippen LogP contribution is -2.38. The van der Waals surface area contributed by atoms with Crippen LogP contribution in [0.1, 0.15) is 22.5 Å². The van der Waals surface area contributed by atoms with E-state index in [0.29, 0.717) is 6.54 Å². The SMILES string of the molecule is COc1ccc2c(c1)CCCN2C(=O)COC(=O)c1nc(Cl)ccc1Cl. The molecule has 2 heterocycles. The molecule has 0 fully saturated rings. The Bertz CT molecular complexity index is 857.